The Labute approximate surface area is 163 Å². The van der Waals surface area contributed by atoms with Crippen molar-refractivity contribution in [1.29, 1.82) is 0 Å². The quantitative estimate of drug-likeness (QED) is 0.660. The molecule has 0 aliphatic rings. The van der Waals surface area contributed by atoms with Gasteiger partial charge in [-0.1, -0.05) is 36.4 Å². The fourth-order valence-corrected chi connectivity index (χ4v) is 2.68. The van der Waals surface area contributed by atoms with E-state index in [1.807, 2.05) is 19.1 Å². The molecule has 1 atom stereocenters. The SMILES string of the molecule is COc1ccc(C)cc1NC(=O)[C@H](OC(=O)c1ccncc1)c1ccccc1. The van der Waals surface area contributed by atoms with Gasteiger partial charge in [0, 0.05) is 18.0 Å². The van der Waals surface area contributed by atoms with E-state index < -0.39 is 18.0 Å². The molecule has 0 unspecified atom stereocenters. The minimum atomic E-state index is -1.12. The maximum absolute atomic E-state index is 13.0. The molecule has 6 heteroatoms. The summed E-state index contributed by atoms with van der Waals surface area (Å²) in [4.78, 5) is 29.4. The van der Waals surface area contributed by atoms with E-state index in [1.54, 1.807) is 36.4 Å². The van der Waals surface area contributed by atoms with Gasteiger partial charge in [0.2, 0.25) is 6.10 Å². The minimum Gasteiger partial charge on any atom is -0.495 e. The number of nitrogens with zero attached hydrogens (tertiary/aromatic N) is 1. The van der Waals surface area contributed by atoms with Crippen LogP contribution in [0.1, 0.15) is 27.6 Å². The molecule has 0 spiro atoms. The lowest BCUT2D eigenvalue weighted by molar-refractivity contribution is -0.125. The Kier molecular flexibility index (Phi) is 6.01. The van der Waals surface area contributed by atoms with Crippen LogP contribution in [0.2, 0.25) is 0 Å². The van der Waals surface area contributed by atoms with Crippen molar-refractivity contribution in [3.05, 3.63) is 89.7 Å². The zero-order valence-electron chi connectivity index (χ0n) is 15.6. The molecule has 3 aromatic rings. The van der Waals surface area contributed by atoms with E-state index in [-0.39, 0.29) is 0 Å². The Hall–Kier alpha value is -3.67. The van der Waals surface area contributed by atoms with Crippen molar-refractivity contribution in [1.82, 2.24) is 4.98 Å². The molecule has 0 bridgehead atoms. The number of methoxy groups -OCH3 is 1. The van der Waals surface area contributed by atoms with Crippen molar-refractivity contribution in [3.8, 4) is 5.75 Å². The molecule has 142 valence electrons. The first-order valence-corrected chi connectivity index (χ1v) is 8.70. The van der Waals surface area contributed by atoms with Gasteiger partial charge >= 0.3 is 5.97 Å². The predicted molar refractivity (Wildman–Crippen MR) is 105 cm³/mol. The number of anilines is 1. The summed E-state index contributed by atoms with van der Waals surface area (Å²) < 4.78 is 10.8. The topological polar surface area (TPSA) is 77.5 Å². The van der Waals surface area contributed by atoms with E-state index in [0.717, 1.165) is 5.56 Å². The van der Waals surface area contributed by atoms with Gasteiger partial charge in [-0.25, -0.2) is 4.79 Å². The summed E-state index contributed by atoms with van der Waals surface area (Å²) >= 11 is 0. The van der Waals surface area contributed by atoms with Gasteiger partial charge in [0.25, 0.3) is 5.91 Å². The Balaban J connectivity index is 1.88. The highest BCUT2D eigenvalue weighted by atomic mass is 16.5. The fourth-order valence-electron chi connectivity index (χ4n) is 2.68. The van der Waals surface area contributed by atoms with Crippen LogP contribution in [-0.2, 0) is 9.53 Å². The van der Waals surface area contributed by atoms with E-state index in [4.69, 9.17) is 9.47 Å². The smallest absolute Gasteiger partial charge is 0.339 e. The zero-order valence-corrected chi connectivity index (χ0v) is 15.6. The lowest BCUT2D eigenvalue weighted by Gasteiger charge is -2.19. The summed E-state index contributed by atoms with van der Waals surface area (Å²) in [6, 6.07) is 17.4. The number of pyridine rings is 1. The predicted octanol–water partition coefficient (Wildman–Crippen LogP) is 3.94. The molecule has 3 rings (SSSR count). The van der Waals surface area contributed by atoms with Crippen LogP contribution < -0.4 is 10.1 Å². The Morgan fingerprint density at radius 3 is 2.39 bits per heavy atom. The van der Waals surface area contributed by atoms with Crippen LogP contribution in [0.15, 0.2) is 73.1 Å². The number of aromatic nitrogens is 1. The number of rotatable bonds is 6. The maximum atomic E-state index is 13.0. The molecular weight excluding hydrogens is 356 g/mol. The van der Waals surface area contributed by atoms with E-state index >= 15 is 0 Å². The Bertz CT molecular complexity index is 959. The van der Waals surface area contributed by atoms with Crippen LogP contribution in [0.4, 0.5) is 5.69 Å². The number of hydrogen-bond donors (Lipinski definition) is 1. The van der Waals surface area contributed by atoms with Crippen molar-refractivity contribution in [2.75, 3.05) is 12.4 Å². The molecule has 2 aromatic carbocycles. The fraction of sp³-hybridized carbons (Fsp3) is 0.136. The first-order valence-electron chi connectivity index (χ1n) is 8.70. The maximum Gasteiger partial charge on any atom is 0.339 e. The molecule has 0 aliphatic carbocycles. The van der Waals surface area contributed by atoms with Crippen molar-refractivity contribution < 1.29 is 19.1 Å². The van der Waals surface area contributed by atoms with Crippen LogP contribution in [0, 0.1) is 6.92 Å². The first-order chi connectivity index (χ1) is 13.6. The standard InChI is InChI=1S/C22H20N2O4/c1-15-8-9-19(27-2)18(14-15)24-21(25)20(16-6-4-3-5-7-16)28-22(26)17-10-12-23-13-11-17/h3-14,20H,1-2H3,(H,24,25)/t20-/m1/s1. The van der Waals surface area contributed by atoms with E-state index in [1.165, 1.54) is 31.6 Å². The number of carbonyl (C=O) groups excluding carboxylic acids is 2. The molecule has 6 nitrogen and oxygen atoms in total. The van der Waals surface area contributed by atoms with Crippen molar-refractivity contribution in [2.24, 2.45) is 0 Å². The molecule has 0 aliphatic heterocycles. The van der Waals surface area contributed by atoms with Crippen LogP contribution in [0.3, 0.4) is 0 Å². The van der Waals surface area contributed by atoms with Crippen molar-refractivity contribution >= 4 is 17.6 Å². The van der Waals surface area contributed by atoms with Gasteiger partial charge in [0.15, 0.2) is 0 Å². The highest BCUT2D eigenvalue weighted by Gasteiger charge is 2.26. The number of hydrogen-bond acceptors (Lipinski definition) is 5. The third-order valence-corrected chi connectivity index (χ3v) is 4.09. The lowest BCUT2D eigenvalue weighted by atomic mass is 10.1. The van der Waals surface area contributed by atoms with E-state index in [9.17, 15) is 9.59 Å². The van der Waals surface area contributed by atoms with Gasteiger partial charge in [-0.05, 0) is 36.8 Å². The van der Waals surface area contributed by atoms with Gasteiger partial charge in [0.05, 0.1) is 18.4 Å². The molecule has 1 heterocycles. The second-order valence-electron chi connectivity index (χ2n) is 6.12. The summed E-state index contributed by atoms with van der Waals surface area (Å²) in [7, 11) is 1.53. The summed E-state index contributed by atoms with van der Waals surface area (Å²) in [5.74, 6) is -0.564. The number of benzene rings is 2. The average molecular weight is 376 g/mol. The van der Waals surface area contributed by atoms with Gasteiger partial charge in [-0.2, -0.15) is 0 Å². The molecule has 0 saturated heterocycles. The monoisotopic (exact) mass is 376 g/mol. The normalized spacial score (nSPS) is 11.4. The second kappa shape index (κ2) is 8.81. The largest absolute Gasteiger partial charge is 0.495 e. The third-order valence-electron chi connectivity index (χ3n) is 4.09. The highest BCUT2D eigenvalue weighted by Crippen LogP contribution is 2.28. The van der Waals surface area contributed by atoms with Gasteiger partial charge in [0.1, 0.15) is 5.75 Å². The average Bonchev–Trinajstić information content (AvgIpc) is 2.73. The molecule has 1 aromatic heterocycles. The summed E-state index contributed by atoms with van der Waals surface area (Å²) in [6.07, 6.45) is 1.87. The number of esters is 1. The second-order valence-corrected chi connectivity index (χ2v) is 6.12. The number of nitrogens with one attached hydrogen (secondary N) is 1. The van der Waals surface area contributed by atoms with Gasteiger partial charge < -0.3 is 14.8 Å². The van der Waals surface area contributed by atoms with Crippen LogP contribution in [0.25, 0.3) is 0 Å². The number of ether oxygens (including phenoxy) is 2. The minimum absolute atomic E-state index is 0.317. The molecular formula is C22H20N2O4. The number of amides is 1. The van der Waals surface area contributed by atoms with E-state index in [0.29, 0.717) is 22.6 Å². The van der Waals surface area contributed by atoms with Crippen molar-refractivity contribution in [2.45, 2.75) is 13.0 Å². The van der Waals surface area contributed by atoms with Crippen LogP contribution >= 0.6 is 0 Å². The Morgan fingerprint density at radius 2 is 1.71 bits per heavy atom. The summed E-state index contributed by atoms with van der Waals surface area (Å²) in [6.45, 7) is 1.91. The van der Waals surface area contributed by atoms with Crippen LogP contribution in [-0.4, -0.2) is 24.0 Å². The number of carbonyl (C=O) groups is 2. The van der Waals surface area contributed by atoms with Crippen LogP contribution in [0.5, 0.6) is 5.75 Å². The highest BCUT2D eigenvalue weighted by molar-refractivity contribution is 5.99. The molecule has 0 saturated carbocycles. The van der Waals surface area contributed by atoms with Gasteiger partial charge in [-0.3, -0.25) is 9.78 Å². The lowest BCUT2D eigenvalue weighted by Crippen LogP contribution is -2.26. The number of aryl methyl sites for hydroxylation is 1. The summed E-state index contributed by atoms with van der Waals surface area (Å²) in [5, 5.41) is 2.80. The third kappa shape index (κ3) is 4.54. The van der Waals surface area contributed by atoms with E-state index in [2.05, 4.69) is 10.3 Å². The zero-order chi connectivity index (χ0) is 19.9. The van der Waals surface area contributed by atoms with Crippen molar-refractivity contribution in [3.63, 3.8) is 0 Å². The molecule has 0 fully saturated rings. The Morgan fingerprint density at radius 1 is 1.00 bits per heavy atom. The molecule has 1 amide bonds. The first kappa shape index (κ1) is 19.1. The molecule has 28 heavy (non-hydrogen) atoms. The summed E-state index contributed by atoms with van der Waals surface area (Å²) in [5.41, 5.74) is 2.35. The molecule has 0 radical (unpaired) electrons. The van der Waals surface area contributed by atoms with Gasteiger partial charge in [-0.15, -0.1) is 0 Å². The molecule has 1 N–H and O–H groups in total.